The maximum absolute atomic E-state index is 5.28. The lowest BCUT2D eigenvalue weighted by Crippen LogP contribution is -2.21. The first kappa shape index (κ1) is 22.6. The zero-order valence-electron chi connectivity index (χ0n) is 7.12. The van der Waals surface area contributed by atoms with Crippen molar-refractivity contribution >= 4 is 0 Å². The Morgan fingerprint density at radius 2 is 1.08 bits per heavy atom. The number of nitrogens with one attached hydrogen (secondary N) is 1. The van der Waals surface area contributed by atoms with Crippen molar-refractivity contribution in [1.82, 2.24) is 5.32 Å². The molecule has 0 aromatic carbocycles. The summed E-state index contributed by atoms with van der Waals surface area (Å²) in [6.07, 6.45) is 2.12. The minimum atomic E-state index is 0. The fourth-order valence-electron chi connectivity index (χ4n) is 0.579. The normalized spacial score (nSPS) is 7.50. The molecule has 0 heterocycles. The Kier molecular flexibility index (Phi) is 42.2. The molecule has 0 unspecified atom stereocenters. The molecule has 0 aromatic heterocycles. The van der Waals surface area contributed by atoms with Gasteiger partial charge in [0.05, 0.1) is 0 Å². The predicted octanol–water partition coefficient (Wildman–Crippen LogP) is -0.269. The fourth-order valence-corrected chi connectivity index (χ4v) is 0.579. The standard InChI is InChI=1S/C6H17N3.3FH/c7-3-1-5-9-6-2-4-8;;;/h9H,1-8H2;3*1H. The quantitative estimate of drug-likeness (QED) is 0.506. The van der Waals surface area contributed by atoms with Crippen LogP contribution in [-0.4, -0.2) is 26.2 Å². The lowest BCUT2D eigenvalue weighted by Gasteiger charge is -2.00. The maximum Gasteiger partial charge on any atom is -0.00369 e. The van der Waals surface area contributed by atoms with E-state index in [9.17, 15) is 0 Å². The van der Waals surface area contributed by atoms with Crippen LogP contribution in [0.5, 0.6) is 0 Å². The van der Waals surface area contributed by atoms with Crippen molar-refractivity contribution in [3.8, 4) is 0 Å². The van der Waals surface area contributed by atoms with E-state index in [1.807, 2.05) is 0 Å². The van der Waals surface area contributed by atoms with Crippen LogP contribution < -0.4 is 16.8 Å². The predicted molar refractivity (Wildman–Crippen MR) is 47.7 cm³/mol. The van der Waals surface area contributed by atoms with Crippen LogP contribution in [0.25, 0.3) is 0 Å². The molecule has 0 atom stereocenters. The van der Waals surface area contributed by atoms with Crippen molar-refractivity contribution in [1.29, 1.82) is 0 Å². The number of nitrogens with two attached hydrogens (primary N) is 2. The van der Waals surface area contributed by atoms with E-state index < -0.39 is 0 Å². The molecule has 0 aliphatic carbocycles. The molecule has 3 nitrogen and oxygen atoms in total. The molecule has 0 saturated carbocycles. The largest absolute Gasteiger partial charge is 0.330 e. The van der Waals surface area contributed by atoms with Crippen molar-refractivity contribution in [2.45, 2.75) is 12.8 Å². The van der Waals surface area contributed by atoms with Gasteiger partial charge in [0.2, 0.25) is 0 Å². The molecule has 0 rings (SSSR count). The Hall–Kier alpha value is -0.330. The van der Waals surface area contributed by atoms with Crippen LogP contribution in [0.2, 0.25) is 0 Å². The van der Waals surface area contributed by atoms with Gasteiger partial charge in [-0.25, -0.2) is 0 Å². The Labute approximate surface area is 71.0 Å². The van der Waals surface area contributed by atoms with Crippen LogP contribution in [0.3, 0.4) is 0 Å². The molecule has 5 N–H and O–H groups in total. The third-order valence-corrected chi connectivity index (χ3v) is 1.12. The van der Waals surface area contributed by atoms with E-state index in [2.05, 4.69) is 5.32 Å². The third kappa shape index (κ3) is 22.6. The molecule has 0 aliphatic heterocycles. The van der Waals surface area contributed by atoms with Crippen molar-refractivity contribution < 1.29 is 14.1 Å². The van der Waals surface area contributed by atoms with Gasteiger partial charge in [0.15, 0.2) is 0 Å². The smallest absolute Gasteiger partial charge is 0.00369 e. The molecule has 0 radical (unpaired) electrons. The maximum atomic E-state index is 5.28. The summed E-state index contributed by atoms with van der Waals surface area (Å²) in [5.74, 6) is 0. The summed E-state index contributed by atoms with van der Waals surface area (Å²) in [6.45, 7) is 3.60. The van der Waals surface area contributed by atoms with Crippen LogP contribution in [0.1, 0.15) is 12.8 Å². The molecule has 0 amide bonds. The lowest BCUT2D eigenvalue weighted by molar-refractivity contribution is 0.631. The summed E-state index contributed by atoms with van der Waals surface area (Å²) >= 11 is 0. The molecular formula is C6H20F3N3. The zero-order chi connectivity index (χ0) is 6.95. The molecule has 0 spiro atoms. The summed E-state index contributed by atoms with van der Waals surface area (Å²) in [5, 5.41) is 3.23. The van der Waals surface area contributed by atoms with E-state index in [0.717, 1.165) is 39.0 Å². The van der Waals surface area contributed by atoms with E-state index in [0.29, 0.717) is 0 Å². The molecule has 0 aromatic rings. The fraction of sp³-hybridized carbons (Fsp3) is 1.00. The highest BCUT2D eigenvalue weighted by atomic mass is 19.0. The van der Waals surface area contributed by atoms with Crippen LogP contribution in [0.15, 0.2) is 0 Å². The second-order valence-electron chi connectivity index (χ2n) is 2.03. The average molecular weight is 191 g/mol. The molecule has 6 heteroatoms. The van der Waals surface area contributed by atoms with Crippen molar-refractivity contribution in [3.63, 3.8) is 0 Å². The molecule has 0 aliphatic rings. The van der Waals surface area contributed by atoms with Gasteiger partial charge in [-0.05, 0) is 39.0 Å². The van der Waals surface area contributed by atoms with Crippen LogP contribution in [-0.2, 0) is 0 Å². The molecule has 0 bridgehead atoms. The van der Waals surface area contributed by atoms with Crippen LogP contribution in [0, 0.1) is 0 Å². The Morgan fingerprint density at radius 1 is 0.750 bits per heavy atom. The van der Waals surface area contributed by atoms with E-state index in [4.69, 9.17) is 11.5 Å². The van der Waals surface area contributed by atoms with E-state index >= 15 is 0 Å². The first-order chi connectivity index (χ1) is 4.41. The van der Waals surface area contributed by atoms with E-state index in [1.165, 1.54) is 0 Å². The highest BCUT2D eigenvalue weighted by molar-refractivity contribution is 4.48. The summed E-state index contributed by atoms with van der Waals surface area (Å²) in [4.78, 5) is 0. The summed E-state index contributed by atoms with van der Waals surface area (Å²) in [6, 6.07) is 0. The average Bonchev–Trinajstić information content (AvgIpc) is 1.89. The Balaban J connectivity index is -0.000000107. The van der Waals surface area contributed by atoms with Crippen LogP contribution in [0.4, 0.5) is 14.1 Å². The summed E-state index contributed by atoms with van der Waals surface area (Å²) in [5.41, 5.74) is 10.6. The van der Waals surface area contributed by atoms with Gasteiger partial charge in [0.25, 0.3) is 0 Å². The van der Waals surface area contributed by atoms with Crippen molar-refractivity contribution in [2.75, 3.05) is 26.2 Å². The Bertz CT molecular complexity index is 51.3. The number of hydrogen-bond donors (Lipinski definition) is 3. The topological polar surface area (TPSA) is 64.1 Å². The van der Waals surface area contributed by atoms with Crippen molar-refractivity contribution in [2.24, 2.45) is 11.5 Å². The summed E-state index contributed by atoms with van der Waals surface area (Å²) < 4.78 is 0. The number of hydrogen-bond acceptors (Lipinski definition) is 3. The Morgan fingerprint density at radius 3 is 1.33 bits per heavy atom. The first-order valence-electron chi connectivity index (χ1n) is 3.52. The molecule has 0 fully saturated rings. The monoisotopic (exact) mass is 191 g/mol. The summed E-state index contributed by atoms with van der Waals surface area (Å²) in [7, 11) is 0. The second-order valence-corrected chi connectivity index (χ2v) is 2.03. The minimum Gasteiger partial charge on any atom is -0.330 e. The van der Waals surface area contributed by atoms with Gasteiger partial charge in [0.1, 0.15) is 0 Å². The van der Waals surface area contributed by atoms with Crippen LogP contribution >= 0.6 is 0 Å². The molecule has 80 valence electrons. The van der Waals surface area contributed by atoms with Gasteiger partial charge in [-0.1, -0.05) is 0 Å². The SMILES string of the molecule is F.F.F.NCCCNCCCN. The second kappa shape index (κ2) is 22.4. The van der Waals surface area contributed by atoms with Crippen molar-refractivity contribution in [3.05, 3.63) is 0 Å². The van der Waals surface area contributed by atoms with Gasteiger partial charge in [-0.15, -0.1) is 0 Å². The molecule has 12 heavy (non-hydrogen) atoms. The van der Waals surface area contributed by atoms with Gasteiger partial charge < -0.3 is 16.8 Å². The van der Waals surface area contributed by atoms with Gasteiger partial charge >= 0.3 is 0 Å². The van der Waals surface area contributed by atoms with E-state index in [-0.39, 0.29) is 14.1 Å². The minimum absolute atomic E-state index is 0. The van der Waals surface area contributed by atoms with E-state index in [1.54, 1.807) is 0 Å². The molecular weight excluding hydrogens is 171 g/mol. The highest BCUT2D eigenvalue weighted by Crippen LogP contribution is 1.72. The van der Waals surface area contributed by atoms with Gasteiger partial charge in [-0.3, -0.25) is 14.1 Å². The molecule has 0 saturated heterocycles. The van der Waals surface area contributed by atoms with Gasteiger partial charge in [-0.2, -0.15) is 0 Å². The number of rotatable bonds is 6. The zero-order valence-corrected chi connectivity index (χ0v) is 7.12. The lowest BCUT2D eigenvalue weighted by atomic mass is 10.4. The number of halogens is 3. The van der Waals surface area contributed by atoms with Gasteiger partial charge in [0, 0.05) is 0 Å². The third-order valence-electron chi connectivity index (χ3n) is 1.12. The highest BCUT2D eigenvalue weighted by Gasteiger charge is 1.83. The first-order valence-corrected chi connectivity index (χ1v) is 3.52.